The molecule has 0 bridgehead atoms. The molecule has 0 spiro atoms. The van der Waals surface area contributed by atoms with Gasteiger partial charge >= 0.3 is 6.18 Å². The van der Waals surface area contributed by atoms with Crippen LogP contribution in [0, 0.1) is 0 Å². The molecule has 1 heterocycles. The van der Waals surface area contributed by atoms with Gasteiger partial charge < -0.3 is 14.8 Å². The van der Waals surface area contributed by atoms with Crippen LogP contribution in [0.15, 0.2) is 18.3 Å². The Morgan fingerprint density at radius 1 is 1.32 bits per heavy atom. The SMILES string of the molecule is COC1(OC)CCC1Nc1ccc(C(F)(F)F)cn1. The van der Waals surface area contributed by atoms with Gasteiger partial charge in [0.2, 0.25) is 0 Å². The average Bonchev–Trinajstić information content (AvgIpc) is 2.36. The first kappa shape index (κ1) is 14.1. The molecular weight excluding hydrogens is 261 g/mol. The van der Waals surface area contributed by atoms with E-state index in [-0.39, 0.29) is 6.04 Å². The van der Waals surface area contributed by atoms with E-state index in [1.165, 1.54) is 20.3 Å². The zero-order valence-electron chi connectivity index (χ0n) is 10.6. The number of anilines is 1. The number of rotatable bonds is 4. The van der Waals surface area contributed by atoms with Gasteiger partial charge in [-0.05, 0) is 18.6 Å². The summed E-state index contributed by atoms with van der Waals surface area (Å²) in [5, 5.41) is 3.02. The van der Waals surface area contributed by atoms with Gasteiger partial charge in [0.05, 0.1) is 11.6 Å². The zero-order chi connectivity index (χ0) is 14.1. The van der Waals surface area contributed by atoms with Crippen molar-refractivity contribution in [3.8, 4) is 0 Å². The fourth-order valence-electron chi connectivity index (χ4n) is 2.10. The monoisotopic (exact) mass is 276 g/mol. The van der Waals surface area contributed by atoms with Gasteiger partial charge in [0.25, 0.3) is 0 Å². The Morgan fingerprint density at radius 2 is 2.00 bits per heavy atom. The highest BCUT2D eigenvalue weighted by molar-refractivity contribution is 5.38. The van der Waals surface area contributed by atoms with Crippen molar-refractivity contribution in [2.24, 2.45) is 0 Å². The van der Waals surface area contributed by atoms with Gasteiger partial charge in [0.1, 0.15) is 5.82 Å². The van der Waals surface area contributed by atoms with Gasteiger partial charge in [-0.25, -0.2) is 4.98 Å². The van der Waals surface area contributed by atoms with Crippen LogP contribution in [0.4, 0.5) is 19.0 Å². The number of nitrogens with zero attached hydrogens (tertiary/aromatic N) is 1. The fraction of sp³-hybridized carbons (Fsp3) is 0.583. The van der Waals surface area contributed by atoms with E-state index in [0.29, 0.717) is 5.82 Å². The number of nitrogens with one attached hydrogen (secondary N) is 1. The summed E-state index contributed by atoms with van der Waals surface area (Å²) in [6, 6.07) is 2.18. The second-order valence-electron chi connectivity index (χ2n) is 4.39. The molecule has 7 heteroatoms. The number of methoxy groups -OCH3 is 2. The first-order valence-corrected chi connectivity index (χ1v) is 5.81. The molecule has 1 atom stereocenters. The molecule has 1 aromatic heterocycles. The standard InChI is InChI=1S/C12H15F3N2O2/c1-18-11(19-2)6-5-9(11)17-10-4-3-8(7-16-10)12(13,14)15/h3-4,7,9H,5-6H2,1-2H3,(H,16,17). The highest BCUT2D eigenvalue weighted by atomic mass is 19.4. The molecular formula is C12H15F3N2O2. The Hall–Kier alpha value is -1.34. The summed E-state index contributed by atoms with van der Waals surface area (Å²) < 4.78 is 47.8. The molecule has 1 unspecified atom stereocenters. The Balaban J connectivity index is 2.05. The maximum Gasteiger partial charge on any atom is 0.417 e. The predicted molar refractivity (Wildman–Crippen MR) is 62.6 cm³/mol. The molecule has 106 valence electrons. The van der Waals surface area contributed by atoms with E-state index < -0.39 is 17.5 Å². The zero-order valence-corrected chi connectivity index (χ0v) is 10.6. The fourth-order valence-corrected chi connectivity index (χ4v) is 2.10. The molecule has 0 aliphatic heterocycles. The largest absolute Gasteiger partial charge is 0.417 e. The van der Waals surface area contributed by atoms with E-state index in [2.05, 4.69) is 10.3 Å². The Kier molecular flexibility index (Phi) is 3.69. The molecule has 0 amide bonds. The summed E-state index contributed by atoms with van der Waals surface area (Å²) in [5.41, 5.74) is -0.767. The van der Waals surface area contributed by atoms with Crippen molar-refractivity contribution in [3.63, 3.8) is 0 Å². The number of alkyl halides is 3. The first-order chi connectivity index (χ1) is 8.91. The first-order valence-electron chi connectivity index (χ1n) is 5.81. The van der Waals surface area contributed by atoms with Gasteiger partial charge in [-0.2, -0.15) is 13.2 Å². The molecule has 0 aromatic carbocycles. The smallest absolute Gasteiger partial charge is 0.362 e. The molecule has 2 rings (SSSR count). The van der Waals surface area contributed by atoms with Crippen LogP contribution in [0.5, 0.6) is 0 Å². The highest BCUT2D eigenvalue weighted by Crippen LogP contribution is 2.38. The van der Waals surface area contributed by atoms with Crippen molar-refractivity contribution in [2.75, 3.05) is 19.5 Å². The Labute approximate surface area is 108 Å². The summed E-state index contributed by atoms with van der Waals surface area (Å²) in [7, 11) is 3.08. The van der Waals surface area contributed by atoms with Crippen LogP contribution >= 0.6 is 0 Å². The minimum Gasteiger partial charge on any atom is -0.362 e. The minimum atomic E-state index is -4.37. The van der Waals surface area contributed by atoms with E-state index >= 15 is 0 Å². The maximum atomic E-state index is 12.4. The quantitative estimate of drug-likeness (QED) is 0.859. The summed E-state index contributed by atoms with van der Waals surface area (Å²) in [6.07, 6.45) is -2.02. The lowest BCUT2D eigenvalue weighted by molar-refractivity contribution is -0.256. The number of halogens is 3. The molecule has 1 aliphatic rings. The third-order valence-corrected chi connectivity index (χ3v) is 3.42. The van der Waals surface area contributed by atoms with Crippen molar-refractivity contribution in [1.29, 1.82) is 0 Å². The molecule has 1 aliphatic carbocycles. The van der Waals surface area contributed by atoms with E-state index in [1.54, 1.807) is 0 Å². The molecule has 1 aromatic rings. The molecule has 1 saturated carbocycles. The average molecular weight is 276 g/mol. The lowest BCUT2D eigenvalue weighted by Gasteiger charge is -2.47. The lowest BCUT2D eigenvalue weighted by Crippen LogP contribution is -2.58. The molecule has 1 N–H and O–H groups in total. The second-order valence-corrected chi connectivity index (χ2v) is 4.39. The third kappa shape index (κ3) is 2.66. The van der Waals surface area contributed by atoms with Gasteiger partial charge in [0.15, 0.2) is 5.79 Å². The molecule has 0 radical (unpaired) electrons. The Bertz CT molecular complexity index is 424. The van der Waals surface area contributed by atoms with Crippen LogP contribution in [0.3, 0.4) is 0 Å². The predicted octanol–water partition coefficient (Wildman–Crippen LogP) is 2.66. The van der Waals surface area contributed by atoms with Crippen molar-refractivity contribution in [1.82, 2.24) is 4.98 Å². The number of hydrogen-bond donors (Lipinski definition) is 1. The third-order valence-electron chi connectivity index (χ3n) is 3.42. The van der Waals surface area contributed by atoms with Crippen LogP contribution < -0.4 is 5.32 Å². The van der Waals surface area contributed by atoms with Crippen molar-refractivity contribution < 1.29 is 22.6 Å². The lowest BCUT2D eigenvalue weighted by atomic mass is 9.84. The summed E-state index contributed by atoms with van der Waals surface area (Å²) >= 11 is 0. The van der Waals surface area contributed by atoms with Gasteiger partial charge in [-0.3, -0.25) is 0 Å². The number of aromatic nitrogens is 1. The number of hydrogen-bond acceptors (Lipinski definition) is 4. The molecule has 4 nitrogen and oxygen atoms in total. The summed E-state index contributed by atoms with van der Waals surface area (Å²) in [5.74, 6) is -0.346. The normalized spacial score (nSPS) is 21.8. The van der Waals surface area contributed by atoms with E-state index in [4.69, 9.17) is 9.47 Å². The molecule has 0 saturated heterocycles. The van der Waals surface area contributed by atoms with Crippen molar-refractivity contribution >= 4 is 5.82 Å². The maximum absolute atomic E-state index is 12.4. The van der Waals surface area contributed by atoms with Gasteiger partial charge in [-0.15, -0.1) is 0 Å². The van der Waals surface area contributed by atoms with E-state index in [0.717, 1.165) is 25.1 Å². The van der Waals surface area contributed by atoms with Crippen LogP contribution in [-0.4, -0.2) is 31.0 Å². The van der Waals surface area contributed by atoms with Crippen molar-refractivity contribution in [2.45, 2.75) is 30.8 Å². The second kappa shape index (κ2) is 4.97. The summed E-state index contributed by atoms with van der Waals surface area (Å²) in [4.78, 5) is 3.76. The van der Waals surface area contributed by atoms with Crippen LogP contribution in [0.2, 0.25) is 0 Å². The molecule has 19 heavy (non-hydrogen) atoms. The van der Waals surface area contributed by atoms with Crippen LogP contribution in [-0.2, 0) is 15.7 Å². The molecule has 1 fully saturated rings. The van der Waals surface area contributed by atoms with Crippen LogP contribution in [0.25, 0.3) is 0 Å². The topological polar surface area (TPSA) is 43.4 Å². The van der Waals surface area contributed by atoms with Crippen LogP contribution in [0.1, 0.15) is 18.4 Å². The summed E-state index contributed by atoms with van der Waals surface area (Å²) in [6.45, 7) is 0. The number of ether oxygens (including phenoxy) is 2. The van der Waals surface area contributed by atoms with E-state index in [1.807, 2.05) is 0 Å². The Morgan fingerprint density at radius 3 is 2.37 bits per heavy atom. The highest BCUT2D eigenvalue weighted by Gasteiger charge is 2.48. The van der Waals surface area contributed by atoms with Crippen molar-refractivity contribution in [3.05, 3.63) is 23.9 Å². The minimum absolute atomic E-state index is 0.119. The van der Waals surface area contributed by atoms with Gasteiger partial charge in [-0.1, -0.05) is 0 Å². The number of pyridine rings is 1. The van der Waals surface area contributed by atoms with Gasteiger partial charge in [0, 0.05) is 26.8 Å². The van der Waals surface area contributed by atoms with E-state index in [9.17, 15) is 13.2 Å².